The first kappa shape index (κ1) is 16.3. The lowest BCUT2D eigenvalue weighted by Gasteiger charge is -2.10. The van der Waals surface area contributed by atoms with Gasteiger partial charge in [-0.2, -0.15) is 0 Å². The van der Waals surface area contributed by atoms with E-state index in [0.29, 0.717) is 22.5 Å². The molecule has 136 valence electrons. The lowest BCUT2D eigenvalue weighted by Crippen LogP contribution is -2.06. The first-order valence-electron chi connectivity index (χ1n) is 8.77. The van der Waals surface area contributed by atoms with Crippen LogP contribution in [0.4, 0.5) is 0 Å². The van der Waals surface area contributed by atoms with Crippen molar-refractivity contribution in [1.29, 1.82) is 0 Å². The zero-order chi connectivity index (χ0) is 19.3. The van der Waals surface area contributed by atoms with Crippen LogP contribution in [0.15, 0.2) is 70.0 Å². The van der Waals surface area contributed by atoms with Gasteiger partial charge in [-0.05, 0) is 55.0 Å². The highest BCUT2D eigenvalue weighted by Gasteiger charge is 2.16. The van der Waals surface area contributed by atoms with Crippen LogP contribution in [0, 0.1) is 6.92 Å². The van der Waals surface area contributed by atoms with Crippen molar-refractivity contribution in [1.82, 2.24) is 15.0 Å². The number of nitrogens with zero attached hydrogens (tertiary/aromatic N) is 2. The fraction of sp³-hybridized carbons (Fsp3) is 0.0455. The predicted molar refractivity (Wildman–Crippen MR) is 107 cm³/mol. The number of nitrogens with one attached hydrogen (secondary N) is 1. The Morgan fingerprint density at radius 3 is 2.75 bits per heavy atom. The topological polar surface area (TPSA) is 92.0 Å². The van der Waals surface area contributed by atoms with E-state index in [1.165, 1.54) is 6.07 Å². The number of aromatic nitrogens is 3. The van der Waals surface area contributed by atoms with E-state index in [1.807, 2.05) is 55.5 Å². The van der Waals surface area contributed by atoms with Gasteiger partial charge < -0.3 is 14.5 Å². The number of aromatic amines is 1. The second-order valence-electron chi connectivity index (χ2n) is 6.63. The molecular weight excluding hydrogens is 354 g/mol. The lowest BCUT2D eigenvalue weighted by atomic mass is 9.99. The summed E-state index contributed by atoms with van der Waals surface area (Å²) < 4.78 is 5.81. The largest absolute Gasteiger partial charge is 0.503 e. The van der Waals surface area contributed by atoms with Gasteiger partial charge in [0.2, 0.25) is 0 Å². The van der Waals surface area contributed by atoms with Crippen LogP contribution in [0.25, 0.3) is 44.5 Å². The van der Waals surface area contributed by atoms with Crippen LogP contribution in [-0.4, -0.2) is 20.1 Å². The maximum Gasteiger partial charge on any atom is 0.291 e. The second kappa shape index (κ2) is 6.06. The third-order valence-electron chi connectivity index (χ3n) is 4.70. The maximum absolute atomic E-state index is 11.8. The summed E-state index contributed by atoms with van der Waals surface area (Å²) in [6, 6.07) is 16.9. The molecule has 0 atom stereocenters. The van der Waals surface area contributed by atoms with Crippen molar-refractivity contribution in [3.63, 3.8) is 0 Å². The highest BCUT2D eigenvalue weighted by Crippen LogP contribution is 2.35. The third-order valence-corrected chi connectivity index (χ3v) is 4.70. The number of H-pyrrole nitrogens is 1. The Morgan fingerprint density at radius 2 is 1.93 bits per heavy atom. The normalized spacial score (nSPS) is 11.3. The highest BCUT2D eigenvalue weighted by atomic mass is 16.3. The average molecular weight is 369 g/mol. The van der Waals surface area contributed by atoms with Crippen LogP contribution < -0.4 is 5.56 Å². The van der Waals surface area contributed by atoms with Crippen molar-refractivity contribution < 1.29 is 9.52 Å². The fourth-order valence-corrected chi connectivity index (χ4v) is 3.34. The zero-order valence-corrected chi connectivity index (χ0v) is 14.9. The van der Waals surface area contributed by atoms with Crippen LogP contribution >= 0.6 is 0 Å². The number of pyridine rings is 3. The molecule has 0 amide bonds. The molecule has 0 aliphatic heterocycles. The Morgan fingerprint density at radius 1 is 1.04 bits per heavy atom. The number of rotatable bonds is 2. The van der Waals surface area contributed by atoms with Crippen LogP contribution in [0.2, 0.25) is 0 Å². The average Bonchev–Trinajstić information content (AvgIpc) is 3.14. The van der Waals surface area contributed by atoms with E-state index in [1.54, 1.807) is 6.20 Å². The van der Waals surface area contributed by atoms with Gasteiger partial charge in [0, 0.05) is 22.5 Å². The summed E-state index contributed by atoms with van der Waals surface area (Å²) in [7, 11) is 0. The molecule has 0 aliphatic rings. The van der Waals surface area contributed by atoms with E-state index in [-0.39, 0.29) is 5.75 Å². The molecule has 0 fully saturated rings. The van der Waals surface area contributed by atoms with Crippen LogP contribution in [-0.2, 0) is 0 Å². The molecule has 0 unspecified atom stereocenters. The van der Waals surface area contributed by atoms with Gasteiger partial charge in [0.1, 0.15) is 17.1 Å². The minimum atomic E-state index is -0.578. The van der Waals surface area contributed by atoms with Crippen molar-refractivity contribution >= 4 is 21.9 Å². The van der Waals surface area contributed by atoms with Crippen LogP contribution in [0.3, 0.4) is 0 Å². The van der Waals surface area contributed by atoms with Gasteiger partial charge in [0.25, 0.3) is 5.56 Å². The molecule has 0 radical (unpaired) electrons. The molecule has 5 aromatic rings. The Bertz CT molecular complexity index is 1420. The van der Waals surface area contributed by atoms with E-state index in [2.05, 4.69) is 15.0 Å². The Balaban J connectivity index is 1.83. The standard InChI is InChI=1S/C22H15N3O3/c1-12-4-7-19(28-12)20-16(10-15-11-18(26)22(27)25-21(15)24-20)13-5-6-17-14(9-13)3-2-8-23-17/h2-11,26H,1H3,(H,24,25,27). The highest BCUT2D eigenvalue weighted by molar-refractivity contribution is 5.92. The minimum absolute atomic E-state index is 0.343. The minimum Gasteiger partial charge on any atom is -0.503 e. The van der Waals surface area contributed by atoms with Gasteiger partial charge in [0.05, 0.1) is 5.52 Å². The summed E-state index contributed by atoms with van der Waals surface area (Å²) in [4.78, 5) is 23.4. The first-order chi connectivity index (χ1) is 13.6. The van der Waals surface area contributed by atoms with E-state index in [9.17, 15) is 9.90 Å². The quantitative estimate of drug-likeness (QED) is 0.481. The van der Waals surface area contributed by atoms with Crippen LogP contribution in [0.5, 0.6) is 5.75 Å². The fourth-order valence-electron chi connectivity index (χ4n) is 3.34. The predicted octanol–water partition coefficient (Wildman–Crippen LogP) is 4.41. The number of hydrogen-bond acceptors (Lipinski definition) is 5. The Kier molecular flexibility index (Phi) is 3.52. The molecule has 0 aliphatic carbocycles. The summed E-state index contributed by atoms with van der Waals surface area (Å²) in [5.74, 6) is 1.03. The molecule has 6 heteroatoms. The van der Waals surface area contributed by atoms with Crippen LogP contribution in [0.1, 0.15) is 5.76 Å². The summed E-state index contributed by atoms with van der Waals surface area (Å²) in [5.41, 5.74) is 3.09. The van der Waals surface area contributed by atoms with Gasteiger partial charge in [-0.25, -0.2) is 4.98 Å². The number of aromatic hydroxyl groups is 1. The maximum atomic E-state index is 11.8. The third kappa shape index (κ3) is 2.63. The monoisotopic (exact) mass is 369 g/mol. The van der Waals surface area contributed by atoms with Crippen molar-refractivity contribution in [3.8, 4) is 28.3 Å². The molecule has 28 heavy (non-hydrogen) atoms. The van der Waals surface area contributed by atoms with E-state index in [0.717, 1.165) is 27.8 Å². The molecule has 0 saturated heterocycles. The molecule has 2 N–H and O–H groups in total. The number of aryl methyl sites for hydroxylation is 1. The Hall–Kier alpha value is -3.93. The molecule has 4 heterocycles. The summed E-state index contributed by atoms with van der Waals surface area (Å²) >= 11 is 0. The van der Waals surface area contributed by atoms with Gasteiger partial charge >= 0.3 is 0 Å². The molecular formula is C22H15N3O3. The van der Waals surface area contributed by atoms with Crippen molar-refractivity contribution in [3.05, 3.63) is 76.9 Å². The van der Waals surface area contributed by atoms with Crippen molar-refractivity contribution in [2.75, 3.05) is 0 Å². The second-order valence-corrected chi connectivity index (χ2v) is 6.63. The van der Waals surface area contributed by atoms with Gasteiger partial charge in [0.15, 0.2) is 11.5 Å². The molecule has 1 aromatic carbocycles. The smallest absolute Gasteiger partial charge is 0.291 e. The zero-order valence-electron chi connectivity index (χ0n) is 14.9. The Labute approximate surface area is 159 Å². The molecule has 0 saturated carbocycles. The van der Waals surface area contributed by atoms with Gasteiger partial charge in [-0.3, -0.25) is 9.78 Å². The molecule has 5 rings (SSSR count). The number of hydrogen-bond donors (Lipinski definition) is 2. The first-order valence-corrected chi connectivity index (χ1v) is 8.77. The molecule has 0 bridgehead atoms. The number of furan rings is 1. The van der Waals surface area contributed by atoms with Crippen molar-refractivity contribution in [2.24, 2.45) is 0 Å². The number of benzene rings is 1. The summed E-state index contributed by atoms with van der Waals surface area (Å²) in [5, 5.41) is 11.4. The number of fused-ring (bicyclic) bond motifs is 2. The lowest BCUT2D eigenvalue weighted by molar-refractivity contribution is 0.468. The molecule has 4 aromatic heterocycles. The summed E-state index contributed by atoms with van der Waals surface area (Å²) in [6.45, 7) is 1.87. The van der Waals surface area contributed by atoms with E-state index < -0.39 is 5.56 Å². The van der Waals surface area contributed by atoms with E-state index >= 15 is 0 Å². The molecule has 0 spiro atoms. The van der Waals surface area contributed by atoms with Gasteiger partial charge in [-0.1, -0.05) is 12.1 Å². The summed E-state index contributed by atoms with van der Waals surface area (Å²) in [6.07, 6.45) is 1.76. The van der Waals surface area contributed by atoms with Crippen molar-refractivity contribution in [2.45, 2.75) is 6.92 Å². The SMILES string of the molecule is Cc1ccc(-c2nc3[nH]c(=O)c(O)cc3cc2-c2ccc3ncccc3c2)o1. The molecule has 6 nitrogen and oxygen atoms in total. The van der Waals surface area contributed by atoms with Gasteiger partial charge in [-0.15, -0.1) is 0 Å². The van der Waals surface area contributed by atoms with E-state index in [4.69, 9.17) is 4.42 Å².